The van der Waals surface area contributed by atoms with Gasteiger partial charge in [0.1, 0.15) is 5.75 Å². The predicted molar refractivity (Wildman–Crippen MR) is 127 cm³/mol. The lowest BCUT2D eigenvalue weighted by Gasteiger charge is -2.21. The summed E-state index contributed by atoms with van der Waals surface area (Å²) < 4.78 is 25.6. The highest BCUT2D eigenvalue weighted by atomic mass is 31.0. The molecule has 0 N–H and O–H groups in total. The van der Waals surface area contributed by atoms with Crippen molar-refractivity contribution in [3.63, 3.8) is 0 Å². The summed E-state index contributed by atoms with van der Waals surface area (Å²) in [5.41, 5.74) is -0.673. The van der Waals surface area contributed by atoms with Crippen LogP contribution in [0.25, 0.3) is 16.6 Å². The molecule has 0 spiro atoms. The Morgan fingerprint density at radius 2 is 1.91 bits per heavy atom. The van der Waals surface area contributed by atoms with Crippen molar-refractivity contribution in [1.82, 2.24) is 9.78 Å². The highest BCUT2D eigenvalue weighted by Gasteiger charge is 2.24. The van der Waals surface area contributed by atoms with Gasteiger partial charge in [-0.25, -0.2) is 13.9 Å². The second kappa shape index (κ2) is 8.90. The third-order valence-electron chi connectivity index (χ3n) is 5.21. The number of fused-ring (bicyclic) bond motifs is 1. The fourth-order valence-electron chi connectivity index (χ4n) is 3.89. The van der Waals surface area contributed by atoms with Gasteiger partial charge in [0.15, 0.2) is 0 Å². The largest absolute Gasteiger partial charge is 0.464 e. The average Bonchev–Trinajstić information content (AvgIpc) is 3.28. The molecule has 2 atom stereocenters. The molecule has 0 radical (unpaired) electrons. The van der Waals surface area contributed by atoms with E-state index in [1.165, 1.54) is 7.85 Å². The number of halogens is 1. The van der Waals surface area contributed by atoms with Crippen molar-refractivity contribution in [2.24, 2.45) is 0 Å². The topological polar surface area (TPSA) is 73.7 Å². The van der Waals surface area contributed by atoms with Crippen molar-refractivity contribution in [3.05, 3.63) is 58.4 Å². The second-order valence-electron chi connectivity index (χ2n) is 7.76. The molecule has 2 unspecified atom stereocenters. The third kappa shape index (κ3) is 4.48. The van der Waals surface area contributed by atoms with Gasteiger partial charge in [-0.15, -0.1) is 0 Å². The fourth-order valence-corrected chi connectivity index (χ4v) is 4.03. The zero-order chi connectivity index (χ0) is 22.9. The number of nitrogens with zero attached hydrogens (tertiary/aromatic N) is 3. The second-order valence-corrected chi connectivity index (χ2v) is 8.79. The molecule has 1 aliphatic heterocycles. The standard InChI is InChI=1S/C22H24BFN3O4P/c1-2-30-21(29)19-20(28)18-16(26-12-3-4-13-26)6-5-7-17(18)27(25-19)14-8-10-15(11-9-14)31-22(23,24)32/h5-11H,2-4,12-13,23,32H2,1H3. The van der Waals surface area contributed by atoms with Crippen LogP contribution in [0.1, 0.15) is 30.3 Å². The average molecular weight is 455 g/mol. The van der Waals surface area contributed by atoms with E-state index in [2.05, 4.69) is 10.00 Å². The van der Waals surface area contributed by atoms with Gasteiger partial charge in [0, 0.05) is 13.1 Å². The molecule has 2 heterocycles. The lowest BCUT2D eigenvalue weighted by molar-refractivity contribution is 0.0516. The van der Waals surface area contributed by atoms with E-state index in [0.717, 1.165) is 31.6 Å². The molecule has 1 fully saturated rings. The van der Waals surface area contributed by atoms with Crippen LogP contribution in [-0.4, -0.2) is 48.8 Å². The number of ether oxygens (including phenoxy) is 2. The van der Waals surface area contributed by atoms with E-state index in [0.29, 0.717) is 22.3 Å². The van der Waals surface area contributed by atoms with Gasteiger partial charge in [-0.3, -0.25) is 4.79 Å². The Bertz CT molecular complexity index is 1200. The SMILES string of the molecule is BC(F)(P)Oc1ccc(-n2nc(C(=O)OCC)c(=O)c3c(N4CCCC4)cccc32)cc1. The number of carbonyl (C=O) groups excluding carboxylic acids is 1. The maximum Gasteiger partial charge on any atom is 0.362 e. The van der Waals surface area contributed by atoms with Gasteiger partial charge in [0.25, 0.3) is 0 Å². The normalized spacial score (nSPS) is 15.5. The first-order valence-electron chi connectivity index (χ1n) is 10.5. The minimum absolute atomic E-state index is 0.134. The Balaban J connectivity index is 1.91. The lowest BCUT2D eigenvalue weighted by Crippen LogP contribution is -2.27. The van der Waals surface area contributed by atoms with Gasteiger partial charge in [0.05, 0.1) is 28.9 Å². The van der Waals surface area contributed by atoms with E-state index in [1.54, 1.807) is 41.9 Å². The summed E-state index contributed by atoms with van der Waals surface area (Å²) >= 11 is 0. The van der Waals surface area contributed by atoms with Crippen LogP contribution in [0.3, 0.4) is 0 Å². The van der Waals surface area contributed by atoms with Gasteiger partial charge in [-0.1, -0.05) is 15.3 Å². The molecule has 0 amide bonds. The molecule has 32 heavy (non-hydrogen) atoms. The van der Waals surface area contributed by atoms with Gasteiger partial charge in [-0.2, -0.15) is 5.10 Å². The molecular formula is C22H24BFN3O4P. The Morgan fingerprint density at radius 3 is 2.53 bits per heavy atom. The van der Waals surface area contributed by atoms with E-state index in [4.69, 9.17) is 9.47 Å². The van der Waals surface area contributed by atoms with E-state index in [-0.39, 0.29) is 12.3 Å². The smallest absolute Gasteiger partial charge is 0.362 e. The van der Waals surface area contributed by atoms with E-state index < -0.39 is 16.9 Å². The minimum atomic E-state index is -1.90. The number of esters is 1. The van der Waals surface area contributed by atoms with Crippen LogP contribution in [-0.2, 0) is 4.74 Å². The minimum Gasteiger partial charge on any atom is -0.464 e. The zero-order valence-corrected chi connectivity index (χ0v) is 19.2. The Morgan fingerprint density at radius 1 is 1.22 bits per heavy atom. The first-order valence-corrected chi connectivity index (χ1v) is 11.1. The summed E-state index contributed by atoms with van der Waals surface area (Å²) in [5.74, 6) is -0.428. The quantitative estimate of drug-likeness (QED) is 0.323. The number of rotatable bonds is 6. The van der Waals surface area contributed by atoms with Crippen LogP contribution < -0.4 is 15.1 Å². The Labute approximate surface area is 188 Å². The zero-order valence-electron chi connectivity index (χ0n) is 18.0. The van der Waals surface area contributed by atoms with E-state index in [9.17, 15) is 14.0 Å². The van der Waals surface area contributed by atoms with Gasteiger partial charge in [-0.05, 0) is 56.2 Å². The monoisotopic (exact) mass is 455 g/mol. The highest BCUT2D eigenvalue weighted by molar-refractivity contribution is 7.21. The molecule has 1 aliphatic rings. The van der Waals surface area contributed by atoms with Crippen LogP contribution in [0.4, 0.5) is 10.1 Å². The van der Waals surface area contributed by atoms with Crippen molar-refractivity contribution in [1.29, 1.82) is 0 Å². The summed E-state index contributed by atoms with van der Waals surface area (Å²) in [5, 5.41) is 4.78. The summed E-state index contributed by atoms with van der Waals surface area (Å²) in [6, 6.07) is 12.2. The van der Waals surface area contributed by atoms with E-state index in [1.807, 2.05) is 21.4 Å². The van der Waals surface area contributed by atoms with Gasteiger partial charge >= 0.3 is 5.97 Å². The molecule has 0 aliphatic carbocycles. The molecule has 0 bridgehead atoms. The molecule has 1 aromatic heterocycles. The van der Waals surface area contributed by atoms with Crippen molar-refractivity contribution >= 4 is 39.6 Å². The first kappa shape index (κ1) is 22.3. The van der Waals surface area contributed by atoms with Crippen molar-refractivity contribution in [3.8, 4) is 11.4 Å². The van der Waals surface area contributed by atoms with Gasteiger partial charge in [0.2, 0.25) is 24.5 Å². The van der Waals surface area contributed by atoms with Crippen molar-refractivity contribution in [2.75, 3.05) is 24.6 Å². The molecule has 7 nitrogen and oxygen atoms in total. The number of aromatic nitrogens is 2. The van der Waals surface area contributed by atoms with E-state index >= 15 is 0 Å². The molecule has 0 saturated carbocycles. The highest BCUT2D eigenvalue weighted by Crippen LogP contribution is 2.29. The van der Waals surface area contributed by atoms with Crippen molar-refractivity contribution in [2.45, 2.75) is 25.3 Å². The van der Waals surface area contributed by atoms with Crippen LogP contribution in [0.2, 0.25) is 0 Å². The Kier molecular flexibility index (Phi) is 6.20. The number of hydrogen-bond donors (Lipinski definition) is 0. The molecule has 166 valence electrons. The molecule has 2 aromatic carbocycles. The van der Waals surface area contributed by atoms with Crippen LogP contribution in [0.15, 0.2) is 47.3 Å². The maximum atomic E-state index is 13.8. The van der Waals surface area contributed by atoms with Crippen LogP contribution >= 0.6 is 9.24 Å². The van der Waals surface area contributed by atoms with Crippen molar-refractivity contribution < 1.29 is 18.7 Å². The molecule has 4 rings (SSSR count). The summed E-state index contributed by atoms with van der Waals surface area (Å²) in [4.78, 5) is 28.1. The third-order valence-corrected chi connectivity index (χ3v) is 5.32. The lowest BCUT2D eigenvalue weighted by atomic mass is 10.1. The molecule has 3 aromatic rings. The molecular weight excluding hydrogens is 431 g/mol. The molecule has 1 saturated heterocycles. The summed E-state index contributed by atoms with van der Waals surface area (Å²) in [6.45, 7) is 3.50. The summed E-state index contributed by atoms with van der Waals surface area (Å²) in [7, 11) is 3.27. The fraction of sp³-hybridized carbons (Fsp3) is 0.318. The number of anilines is 1. The number of alkyl halides is 1. The Hall–Kier alpha value is -2.93. The predicted octanol–water partition coefficient (Wildman–Crippen LogP) is 2.63. The molecule has 10 heteroatoms. The number of benzene rings is 2. The summed E-state index contributed by atoms with van der Waals surface area (Å²) in [6.07, 6.45) is 2.09. The number of carbonyl (C=O) groups is 1. The van der Waals surface area contributed by atoms with Crippen LogP contribution in [0, 0.1) is 0 Å². The van der Waals surface area contributed by atoms with Gasteiger partial charge < -0.3 is 14.4 Å². The first-order chi connectivity index (χ1) is 15.3. The van der Waals surface area contributed by atoms with Crippen LogP contribution in [0.5, 0.6) is 5.75 Å². The maximum absolute atomic E-state index is 13.8. The number of hydrogen-bond acceptors (Lipinski definition) is 6.